The number of likely N-dealkylation sites (N-methyl/N-ethyl adjacent to an activating group) is 1. The molecule has 1 aliphatic heterocycles. The quantitative estimate of drug-likeness (QED) is 0.439. The number of carbonyl (C=O) groups excluding carboxylic acids is 1. The maximum Gasteiger partial charge on any atom is 0.257 e. The molecule has 0 aliphatic carbocycles. The molecule has 7 heteroatoms. The van der Waals surface area contributed by atoms with Gasteiger partial charge in [0.1, 0.15) is 11.6 Å². The van der Waals surface area contributed by atoms with Crippen molar-refractivity contribution in [3.8, 4) is 11.4 Å². The zero-order chi connectivity index (χ0) is 25.7. The number of hydrogen-bond donors (Lipinski definition) is 0. The summed E-state index contributed by atoms with van der Waals surface area (Å²) in [6.07, 6.45) is 0. The fourth-order valence-corrected chi connectivity index (χ4v) is 4.92. The number of piperazine rings is 1. The Morgan fingerprint density at radius 2 is 1.69 bits per heavy atom. The van der Waals surface area contributed by atoms with E-state index in [0.717, 1.165) is 55.5 Å². The van der Waals surface area contributed by atoms with Crippen LogP contribution in [0.4, 0.5) is 5.82 Å². The highest BCUT2D eigenvalue weighted by Gasteiger charge is 2.28. The van der Waals surface area contributed by atoms with Gasteiger partial charge in [-0.05, 0) is 43.7 Å². The summed E-state index contributed by atoms with van der Waals surface area (Å²) in [6, 6.07) is 17.8. The van der Waals surface area contributed by atoms with Crippen molar-refractivity contribution in [1.82, 2.24) is 19.6 Å². The van der Waals surface area contributed by atoms with Crippen LogP contribution in [0.5, 0.6) is 5.75 Å². The summed E-state index contributed by atoms with van der Waals surface area (Å²) >= 11 is 0. The molecule has 0 N–H and O–H groups in total. The molecule has 2 aromatic carbocycles. The van der Waals surface area contributed by atoms with E-state index < -0.39 is 0 Å². The molecular formula is C29H39N5O2. The molecule has 7 nitrogen and oxygen atoms in total. The molecule has 4 rings (SSSR count). The van der Waals surface area contributed by atoms with Crippen LogP contribution in [0.1, 0.15) is 42.4 Å². The molecule has 0 radical (unpaired) electrons. The third-order valence-electron chi connectivity index (χ3n) is 6.84. The Kier molecular flexibility index (Phi) is 8.31. The summed E-state index contributed by atoms with van der Waals surface area (Å²) in [5, 5.41) is 4.99. The molecule has 0 bridgehead atoms. The molecule has 0 atom stereocenters. The number of aryl methyl sites for hydroxylation is 1. The first-order chi connectivity index (χ1) is 17.4. The van der Waals surface area contributed by atoms with Crippen LogP contribution in [0, 0.1) is 12.8 Å². The molecule has 1 saturated heterocycles. The number of methoxy groups -OCH3 is 1. The lowest BCUT2D eigenvalue weighted by Crippen LogP contribution is -2.47. The van der Waals surface area contributed by atoms with E-state index in [9.17, 15) is 4.79 Å². The van der Waals surface area contributed by atoms with Crippen LogP contribution < -0.4 is 9.64 Å². The minimum absolute atomic E-state index is 0.0187. The van der Waals surface area contributed by atoms with Crippen molar-refractivity contribution < 1.29 is 9.53 Å². The second kappa shape index (κ2) is 11.6. The molecule has 2 heterocycles. The Bertz CT molecular complexity index is 1150. The number of amides is 1. The van der Waals surface area contributed by atoms with E-state index >= 15 is 0 Å². The molecule has 1 aliphatic rings. The number of anilines is 1. The van der Waals surface area contributed by atoms with Gasteiger partial charge < -0.3 is 19.4 Å². The van der Waals surface area contributed by atoms with E-state index in [1.54, 1.807) is 7.11 Å². The lowest BCUT2D eigenvalue weighted by Gasteiger charge is -2.36. The number of carbonyl (C=O) groups is 1. The minimum atomic E-state index is -0.0187. The maximum absolute atomic E-state index is 13.8. The Labute approximate surface area is 215 Å². The minimum Gasteiger partial charge on any atom is -0.496 e. The van der Waals surface area contributed by atoms with E-state index in [-0.39, 0.29) is 5.91 Å². The molecular weight excluding hydrogens is 450 g/mol. The number of hydrogen-bond acceptors (Lipinski definition) is 5. The third kappa shape index (κ3) is 5.57. The number of aromatic nitrogens is 2. The predicted molar refractivity (Wildman–Crippen MR) is 145 cm³/mol. The zero-order valence-electron chi connectivity index (χ0n) is 22.3. The standard InChI is InChI=1S/C29H39N5O2/c1-6-31-16-18-32(19-17-31)28-26(23(4)30-34(28)24-12-8-7-9-13-24)21-33(20-22(2)3)29(35)25-14-10-11-15-27(25)36-5/h7-15,22H,6,16-21H2,1-5H3. The topological polar surface area (TPSA) is 53.8 Å². The molecule has 1 aromatic heterocycles. The van der Waals surface area contributed by atoms with Crippen LogP contribution in [-0.4, -0.2) is 71.9 Å². The lowest BCUT2D eigenvalue weighted by atomic mass is 10.1. The first kappa shape index (κ1) is 25.8. The van der Waals surface area contributed by atoms with Crippen LogP contribution in [0.3, 0.4) is 0 Å². The van der Waals surface area contributed by atoms with Crippen molar-refractivity contribution in [2.45, 2.75) is 34.2 Å². The Morgan fingerprint density at radius 3 is 2.33 bits per heavy atom. The lowest BCUT2D eigenvalue weighted by molar-refractivity contribution is 0.0719. The SMILES string of the molecule is CCN1CCN(c2c(CN(CC(C)C)C(=O)c3ccccc3OC)c(C)nn2-c2ccccc2)CC1. The predicted octanol–water partition coefficient (Wildman–Crippen LogP) is 4.63. The smallest absolute Gasteiger partial charge is 0.257 e. The van der Waals surface area contributed by atoms with Gasteiger partial charge in [0.15, 0.2) is 0 Å². The second-order valence-electron chi connectivity index (χ2n) is 9.84. The number of para-hydroxylation sites is 2. The van der Waals surface area contributed by atoms with Crippen molar-refractivity contribution in [3.63, 3.8) is 0 Å². The summed E-state index contributed by atoms with van der Waals surface area (Å²) in [5.41, 5.74) is 3.68. The Balaban J connectivity index is 1.75. The van der Waals surface area contributed by atoms with E-state index in [1.807, 2.05) is 47.4 Å². The van der Waals surface area contributed by atoms with Crippen molar-refractivity contribution in [2.75, 3.05) is 51.3 Å². The summed E-state index contributed by atoms with van der Waals surface area (Å²) in [7, 11) is 1.61. The molecule has 0 saturated carbocycles. The summed E-state index contributed by atoms with van der Waals surface area (Å²) in [6.45, 7) is 14.7. The van der Waals surface area contributed by atoms with Crippen molar-refractivity contribution in [2.24, 2.45) is 5.92 Å². The van der Waals surface area contributed by atoms with Gasteiger partial charge in [-0.3, -0.25) is 4.79 Å². The van der Waals surface area contributed by atoms with Crippen molar-refractivity contribution in [3.05, 3.63) is 71.4 Å². The number of ether oxygens (including phenoxy) is 1. The van der Waals surface area contributed by atoms with Crippen molar-refractivity contribution in [1.29, 1.82) is 0 Å². The van der Waals surface area contributed by atoms with Crippen LogP contribution in [0.25, 0.3) is 5.69 Å². The fraction of sp³-hybridized carbons (Fsp3) is 0.448. The van der Waals surface area contributed by atoms with Crippen LogP contribution in [0.2, 0.25) is 0 Å². The second-order valence-corrected chi connectivity index (χ2v) is 9.84. The van der Waals surface area contributed by atoms with Crippen LogP contribution in [0.15, 0.2) is 54.6 Å². The Hall–Kier alpha value is -3.32. The van der Waals surface area contributed by atoms with Crippen LogP contribution in [-0.2, 0) is 6.54 Å². The van der Waals surface area contributed by atoms with E-state index in [2.05, 4.69) is 54.3 Å². The first-order valence-electron chi connectivity index (χ1n) is 13.0. The maximum atomic E-state index is 13.8. The van der Waals surface area contributed by atoms with Crippen molar-refractivity contribution >= 4 is 11.7 Å². The molecule has 1 fully saturated rings. The third-order valence-corrected chi connectivity index (χ3v) is 6.84. The van der Waals surface area contributed by atoms with Gasteiger partial charge in [0.25, 0.3) is 5.91 Å². The van der Waals surface area contributed by atoms with Crippen LogP contribution >= 0.6 is 0 Å². The van der Waals surface area contributed by atoms with Gasteiger partial charge in [-0.1, -0.05) is 51.1 Å². The van der Waals surface area contributed by atoms with Gasteiger partial charge in [-0.25, -0.2) is 4.68 Å². The van der Waals surface area contributed by atoms with Gasteiger partial charge in [-0.2, -0.15) is 5.10 Å². The molecule has 0 unspecified atom stereocenters. The number of nitrogens with zero attached hydrogens (tertiary/aromatic N) is 5. The monoisotopic (exact) mass is 489 g/mol. The number of benzene rings is 2. The molecule has 3 aromatic rings. The average Bonchev–Trinajstić information content (AvgIpc) is 3.23. The Morgan fingerprint density at radius 1 is 1.03 bits per heavy atom. The highest BCUT2D eigenvalue weighted by molar-refractivity contribution is 5.97. The van der Waals surface area contributed by atoms with Gasteiger partial charge in [0.2, 0.25) is 0 Å². The van der Waals surface area contributed by atoms with Gasteiger partial charge in [0, 0.05) is 38.3 Å². The average molecular weight is 490 g/mol. The normalized spacial score (nSPS) is 14.3. The molecule has 0 spiro atoms. The van der Waals surface area contributed by atoms with E-state index in [1.165, 1.54) is 0 Å². The highest BCUT2D eigenvalue weighted by atomic mass is 16.5. The van der Waals surface area contributed by atoms with Gasteiger partial charge >= 0.3 is 0 Å². The highest BCUT2D eigenvalue weighted by Crippen LogP contribution is 2.31. The van der Waals surface area contributed by atoms with Gasteiger partial charge in [0.05, 0.1) is 30.6 Å². The van der Waals surface area contributed by atoms with E-state index in [0.29, 0.717) is 30.3 Å². The summed E-state index contributed by atoms with van der Waals surface area (Å²) in [4.78, 5) is 20.7. The number of rotatable bonds is 9. The summed E-state index contributed by atoms with van der Waals surface area (Å²) < 4.78 is 7.58. The first-order valence-corrected chi connectivity index (χ1v) is 13.0. The summed E-state index contributed by atoms with van der Waals surface area (Å²) in [5.74, 6) is 2.00. The molecule has 36 heavy (non-hydrogen) atoms. The fourth-order valence-electron chi connectivity index (χ4n) is 4.92. The zero-order valence-corrected chi connectivity index (χ0v) is 22.3. The van der Waals surface area contributed by atoms with Gasteiger partial charge in [-0.15, -0.1) is 0 Å². The molecule has 1 amide bonds. The largest absolute Gasteiger partial charge is 0.496 e. The van der Waals surface area contributed by atoms with E-state index in [4.69, 9.17) is 9.84 Å². The molecule has 192 valence electrons.